The van der Waals surface area contributed by atoms with E-state index in [-0.39, 0.29) is 23.5 Å². The fourth-order valence-corrected chi connectivity index (χ4v) is 2.10. The smallest absolute Gasteiger partial charge is 0.241 e. The minimum absolute atomic E-state index is 0.00652. The second-order valence-corrected chi connectivity index (χ2v) is 6.67. The van der Waals surface area contributed by atoms with Crippen LogP contribution in [-0.2, 0) is 4.79 Å². The first-order valence-corrected chi connectivity index (χ1v) is 6.73. The number of rotatable bonds is 4. The standard InChI is InChI=1S/C14H28N2O/c1-9(2)12-13(17)16(11(5)15-12)8-14(6,7)10(3)4/h9-12,15H,8H2,1-7H3. The van der Waals surface area contributed by atoms with Crippen molar-refractivity contribution in [3.63, 3.8) is 0 Å². The number of hydrogen-bond acceptors (Lipinski definition) is 2. The molecule has 0 bridgehead atoms. The van der Waals surface area contributed by atoms with E-state index in [0.717, 1.165) is 6.54 Å². The summed E-state index contributed by atoms with van der Waals surface area (Å²) in [6, 6.07) is -0.00652. The summed E-state index contributed by atoms with van der Waals surface area (Å²) in [6.07, 6.45) is 0.160. The molecule has 1 fully saturated rings. The minimum Gasteiger partial charge on any atom is -0.326 e. The maximum atomic E-state index is 12.3. The molecule has 1 rings (SSSR count). The average molecular weight is 240 g/mol. The van der Waals surface area contributed by atoms with Crippen molar-refractivity contribution in [3.05, 3.63) is 0 Å². The second-order valence-electron chi connectivity index (χ2n) is 6.67. The number of carbonyl (C=O) groups is 1. The zero-order chi connectivity index (χ0) is 13.4. The van der Waals surface area contributed by atoms with E-state index in [1.807, 2.05) is 4.90 Å². The molecule has 2 atom stereocenters. The average Bonchev–Trinajstić information content (AvgIpc) is 2.45. The van der Waals surface area contributed by atoms with Gasteiger partial charge in [0.05, 0.1) is 12.2 Å². The summed E-state index contributed by atoms with van der Waals surface area (Å²) in [5.74, 6) is 1.19. The van der Waals surface area contributed by atoms with Crippen LogP contribution in [0.4, 0.5) is 0 Å². The third-order valence-electron chi connectivity index (χ3n) is 4.24. The molecule has 0 aromatic heterocycles. The minimum atomic E-state index is -0.00652. The lowest BCUT2D eigenvalue weighted by Crippen LogP contribution is -2.43. The molecule has 0 saturated carbocycles. The van der Waals surface area contributed by atoms with Crippen molar-refractivity contribution >= 4 is 5.91 Å². The van der Waals surface area contributed by atoms with Crippen LogP contribution in [-0.4, -0.2) is 29.6 Å². The van der Waals surface area contributed by atoms with Crippen molar-refractivity contribution in [2.45, 2.75) is 60.7 Å². The number of nitrogens with one attached hydrogen (secondary N) is 1. The van der Waals surface area contributed by atoms with E-state index in [4.69, 9.17) is 0 Å². The highest BCUT2D eigenvalue weighted by Crippen LogP contribution is 2.29. The van der Waals surface area contributed by atoms with Crippen molar-refractivity contribution < 1.29 is 4.79 Å². The van der Waals surface area contributed by atoms with Crippen LogP contribution in [0.25, 0.3) is 0 Å². The van der Waals surface area contributed by atoms with Crippen LogP contribution < -0.4 is 5.32 Å². The van der Waals surface area contributed by atoms with Gasteiger partial charge in [-0.15, -0.1) is 0 Å². The molecule has 2 unspecified atom stereocenters. The Labute approximate surface area is 106 Å². The molecular weight excluding hydrogens is 212 g/mol. The van der Waals surface area contributed by atoms with E-state index in [1.54, 1.807) is 0 Å². The van der Waals surface area contributed by atoms with Gasteiger partial charge in [0.15, 0.2) is 0 Å². The molecule has 1 aliphatic rings. The summed E-state index contributed by atoms with van der Waals surface area (Å²) in [4.78, 5) is 14.3. The predicted molar refractivity (Wildman–Crippen MR) is 71.6 cm³/mol. The normalized spacial score (nSPS) is 26.4. The van der Waals surface area contributed by atoms with E-state index in [0.29, 0.717) is 11.8 Å². The number of nitrogens with zero attached hydrogens (tertiary/aromatic N) is 1. The third-order valence-corrected chi connectivity index (χ3v) is 4.24. The first kappa shape index (κ1) is 14.5. The second kappa shape index (κ2) is 4.97. The molecule has 1 heterocycles. The zero-order valence-electron chi connectivity index (χ0n) is 12.4. The SMILES string of the molecule is CC(C)C1NC(C)N(CC(C)(C)C(C)C)C1=O. The third kappa shape index (κ3) is 3.01. The van der Waals surface area contributed by atoms with Crippen LogP contribution in [0.1, 0.15) is 48.5 Å². The first-order chi connectivity index (χ1) is 7.66. The molecule has 0 radical (unpaired) electrons. The fraction of sp³-hybridized carbons (Fsp3) is 0.929. The monoisotopic (exact) mass is 240 g/mol. The molecular formula is C14H28N2O. The summed E-state index contributed by atoms with van der Waals surface area (Å²) >= 11 is 0. The quantitative estimate of drug-likeness (QED) is 0.818. The molecule has 0 aliphatic carbocycles. The molecule has 3 heteroatoms. The summed E-state index contributed by atoms with van der Waals surface area (Å²) in [5, 5.41) is 3.39. The van der Waals surface area contributed by atoms with Gasteiger partial charge >= 0.3 is 0 Å². The lowest BCUT2D eigenvalue weighted by Gasteiger charge is -2.35. The Hall–Kier alpha value is -0.570. The van der Waals surface area contributed by atoms with E-state index in [9.17, 15) is 4.79 Å². The number of amides is 1. The van der Waals surface area contributed by atoms with Crippen molar-refractivity contribution in [1.82, 2.24) is 10.2 Å². The van der Waals surface area contributed by atoms with Crippen molar-refractivity contribution in [2.24, 2.45) is 17.3 Å². The Balaban J connectivity index is 2.76. The molecule has 0 aromatic carbocycles. The van der Waals surface area contributed by atoms with E-state index in [1.165, 1.54) is 0 Å². The van der Waals surface area contributed by atoms with Crippen molar-refractivity contribution in [2.75, 3.05) is 6.54 Å². The Morgan fingerprint density at radius 3 is 2.18 bits per heavy atom. The highest BCUT2D eigenvalue weighted by Gasteiger charge is 2.40. The van der Waals surface area contributed by atoms with Crippen molar-refractivity contribution in [3.8, 4) is 0 Å². The summed E-state index contributed by atoms with van der Waals surface area (Å²) in [6.45, 7) is 16.0. The highest BCUT2D eigenvalue weighted by atomic mass is 16.2. The highest BCUT2D eigenvalue weighted by molar-refractivity contribution is 5.84. The fourth-order valence-electron chi connectivity index (χ4n) is 2.10. The first-order valence-electron chi connectivity index (χ1n) is 6.73. The Morgan fingerprint density at radius 2 is 1.82 bits per heavy atom. The molecule has 1 aliphatic heterocycles. The number of hydrogen-bond donors (Lipinski definition) is 1. The molecule has 0 spiro atoms. The molecule has 1 N–H and O–H groups in total. The largest absolute Gasteiger partial charge is 0.326 e. The van der Waals surface area contributed by atoms with Crippen molar-refractivity contribution in [1.29, 1.82) is 0 Å². The van der Waals surface area contributed by atoms with Gasteiger partial charge < -0.3 is 4.90 Å². The van der Waals surface area contributed by atoms with Gasteiger partial charge in [-0.05, 0) is 24.2 Å². The zero-order valence-corrected chi connectivity index (χ0v) is 12.4. The Bertz CT molecular complexity index is 284. The molecule has 1 saturated heterocycles. The van der Waals surface area contributed by atoms with Gasteiger partial charge in [-0.1, -0.05) is 41.5 Å². The van der Waals surface area contributed by atoms with E-state index >= 15 is 0 Å². The molecule has 1 amide bonds. The predicted octanol–water partition coefficient (Wildman–Crippen LogP) is 2.47. The van der Waals surface area contributed by atoms with Gasteiger partial charge in [-0.25, -0.2) is 0 Å². The Morgan fingerprint density at radius 1 is 1.29 bits per heavy atom. The van der Waals surface area contributed by atoms with Gasteiger partial charge in [-0.3, -0.25) is 10.1 Å². The van der Waals surface area contributed by atoms with Gasteiger partial charge in [0, 0.05) is 6.54 Å². The molecule has 3 nitrogen and oxygen atoms in total. The maximum absolute atomic E-state index is 12.3. The van der Waals surface area contributed by atoms with Crippen LogP contribution in [0.15, 0.2) is 0 Å². The lowest BCUT2D eigenvalue weighted by atomic mass is 9.80. The van der Waals surface area contributed by atoms with E-state index < -0.39 is 0 Å². The van der Waals surface area contributed by atoms with Crippen LogP contribution in [0.3, 0.4) is 0 Å². The molecule has 0 aromatic rings. The van der Waals surface area contributed by atoms with E-state index in [2.05, 4.69) is 53.8 Å². The maximum Gasteiger partial charge on any atom is 0.241 e. The van der Waals surface area contributed by atoms with Gasteiger partial charge in [0.25, 0.3) is 0 Å². The van der Waals surface area contributed by atoms with Gasteiger partial charge in [0.2, 0.25) is 5.91 Å². The van der Waals surface area contributed by atoms with Crippen LogP contribution in [0.2, 0.25) is 0 Å². The van der Waals surface area contributed by atoms with Gasteiger partial charge in [0.1, 0.15) is 0 Å². The van der Waals surface area contributed by atoms with Crippen LogP contribution in [0, 0.1) is 17.3 Å². The summed E-state index contributed by atoms with van der Waals surface area (Å²) in [7, 11) is 0. The Kier molecular flexibility index (Phi) is 4.23. The molecule has 100 valence electrons. The van der Waals surface area contributed by atoms with Gasteiger partial charge in [-0.2, -0.15) is 0 Å². The lowest BCUT2D eigenvalue weighted by molar-refractivity contribution is -0.132. The topological polar surface area (TPSA) is 32.3 Å². The van der Waals surface area contributed by atoms with Crippen LogP contribution in [0.5, 0.6) is 0 Å². The summed E-state index contributed by atoms with van der Waals surface area (Å²) < 4.78 is 0. The molecule has 17 heavy (non-hydrogen) atoms. The van der Waals surface area contributed by atoms with Crippen LogP contribution >= 0.6 is 0 Å². The number of carbonyl (C=O) groups excluding carboxylic acids is 1. The summed E-state index contributed by atoms with van der Waals surface area (Å²) in [5.41, 5.74) is 0.164.